The standard InChI is InChI=1S/C13H15ClN2O3S/c1-8-9(12(14)19-16-8)6-11(17)15-7-13(2,18)10-4-3-5-20-10/h3-5,18H,6-7H2,1-2H3,(H,15,17). The van der Waals surface area contributed by atoms with Crippen molar-refractivity contribution in [2.24, 2.45) is 0 Å². The highest BCUT2D eigenvalue weighted by molar-refractivity contribution is 7.10. The molecule has 0 spiro atoms. The molecule has 2 aromatic heterocycles. The summed E-state index contributed by atoms with van der Waals surface area (Å²) >= 11 is 7.25. The minimum Gasteiger partial charge on any atom is -0.383 e. The molecule has 0 saturated heterocycles. The van der Waals surface area contributed by atoms with Crippen LogP contribution in [-0.4, -0.2) is 22.7 Å². The third kappa shape index (κ3) is 3.39. The third-order valence-corrected chi connectivity index (χ3v) is 4.38. The molecule has 1 unspecified atom stereocenters. The van der Waals surface area contributed by atoms with Gasteiger partial charge in [-0.25, -0.2) is 0 Å². The van der Waals surface area contributed by atoms with Gasteiger partial charge in [0, 0.05) is 10.4 Å². The lowest BCUT2D eigenvalue weighted by Crippen LogP contribution is -2.38. The first kappa shape index (κ1) is 15.0. The van der Waals surface area contributed by atoms with Gasteiger partial charge in [0.2, 0.25) is 11.1 Å². The van der Waals surface area contributed by atoms with E-state index in [1.54, 1.807) is 13.8 Å². The normalized spacial score (nSPS) is 14.0. The summed E-state index contributed by atoms with van der Waals surface area (Å²) < 4.78 is 4.79. The predicted molar refractivity (Wildman–Crippen MR) is 76.9 cm³/mol. The molecule has 7 heteroatoms. The number of aromatic nitrogens is 1. The Kier molecular flexibility index (Phi) is 4.47. The highest BCUT2D eigenvalue weighted by Crippen LogP contribution is 2.24. The molecular weight excluding hydrogens is 300 g/mol. The first-order valence-electron chi connectivity index (χ1n) is 6.04. The number of nitrogens with zero attached hydrogens (tertiary/aromatic N) is 1. The molecule has 0 saturated carbocycles. The SMILES string of the molecule is Cc1noc(Cl)c1CC(=O)NCC(C)(O)c1cccs1. The maximum Gasteiger partial charge on any atom is 0.229 e. The number of rotatable bonds is 5. The van der Waals surface area contributed by atoms with E-state index in [4.69, 9.17) is 16.1 Å². The molecule has 2 N–H and O–H groups in total. The van der Waals surface area contributed by atoms with Crippen LogP contribution in [0.5, 0.6) is 0 Å². The molecule has 0 bridgehead atoms. The van der Waals surface area contributed by atoms with Crippen molar-refractivity contribution >= 4 is 28.8 Å². The zero-order chi connectivity index (χ0) is 14.8. The molecule has 0 aliphatic heterocycles. The van der Waals surface area contributed by atoms with Crippen LogP contribution in [0.1, 0.15) is 23.1 Å². The maximum atomic E-state index is 11.9. The number of aliphatic hydroxyl groups is 1. The predicted octanol–water partition coefficient (Wildman–Crippen LogP) is 2.26. The minimum absolute atomic E-state index is 0.0781. The summed E-state index contributed by atoms with van der Waals surface area (Å²) in [4.78, 5) is 12.7. The van der Waals surface area contributed by atoms with Crippen molar-refractivity contribution < 1.29 is 14.4 Å². The van der Waals surface area contributed by atoms with Crippen LogP contribution >= 0.6 is 22.9 Å². The lowest BCUT2D eigenvalue weighted by Gasteiger charge is -2.22. The Morgan fingerprint density at radius 3 is 2.95 bits per heavy atom. The lowest BCUT2D eigenvalue weighted by molar-refractivity contribution is -0.121. The van der Waals surface area contributed by atoms with Gasteiger partial charge >= 0.3 is 0 Å². The molecule has 5 nitrogen and oxygen atoms in total. The van der Waals surface area contributed by atoms with Gasteiger partial charge in [-0.2, -0.15) is 0 Å². The molecule has 2 heterocycles. The molecule has 1 atom stereocenters. The molecule has 20 heavy (non-hydrogen) atoms. The maximum absolute atomic E-state index is 11.9. The number of thiophene rings is 1. The number of halogens is 1. The van der Waals surface area contributed by atoms with Crippen LogP contribution in [0, 0.1) is 6.92 Å². The van der Waals surface area contributed by atoms with Crippen LogP contribution in [0.15, 0.2) is 22.0 Å². The van der Waals surface area contributed by atoms with Gasteiger partial charge in [-0.1, -0.05) is 11.2 Å². The molecular formula is C13H15ClN2O3S. The highest BCUT2D eigenvalue weighted by atomic mass is 35.5. The van der Waals surface area contributed by atoms with Gasteiger partial charge in [0.1, 0.15) is 5.60 Å². The lowest BCUT2D eigenvalue weighted by atomic mass is 10.1. The van der Waals surface area contributed by atoms with E-state index in [-0.39, 0.29) is 24.1 Å². The Morgan fingerprint density at radius 2 is 2.40 bits per heavy atom. The Morgan fingerprint density at radius 1 is 1.65 bits per heavy atom. The quantitative estimate of drug-likeness (QED) is 0.887. The van der Waals surface area contributed by atoms with Crippen molar-refractivity contribution in [1.82, 2.24) is 10.5 Å². The first-order chi connectivity index (χ1) is 9.40. The fraction of sp³-hybridized carbons (Fsp3) is 0.385. The third-order valence-electron chi connectivity index (χ3n) is 2.96. The van der Waals surface area contributed by atoms with Crippen molar-refractivity contribution in [3.05, 3.63) is 38.9 Å². The zero-order valence-corrected chi connectivity index (χ0v) is 12.7. The van der Waals surface area contributed by atoms with E-state index in [0.717, 1.165) is 4.88 Å². The van der Waals surface area contributed by atoms with E-state index >= 15 is 0 Å². The summed E-state index contributed by atoms with van der Waals surface area (Å²) in [5, 5.41) is 18.7. The summed E-state index contributed by atoms with van der Waals surface area (Å²) in [6.07, 6.45) is 0.0781. The fourth-order valence-electron chi connectivity index (χ4n) is 1.72. The van der Waals surface area contributed by atoms with E-state index < -0.39 is 5.60 Å². The summed E-state index contributed by atoms with van der Waals surface area (Å²) in [6, 6.07) is 3.69. The molecule has 0 aliphatic rings. The average molecular weight is 315 g/mol. The van der Waals surface area contributed by atoms with E-state index in [1.807, 2.05) is 17.5 Å². The second-order valence-electron chi connectivity index (χ2n) is 4.72. The number of amides is 1. The molecule has 0 fully saturated rings. The van der Waals surface area contributed by atoms with Gasteiger partial charge in [-0.05, 0) is 36.9 Å². The van der Waals surface area contributed by atoms with Gasteiger partial charge in [-0.15, -0.1) is 11.3 Å². The van der Waals surface area contributed by atoms with E-state index in [0.29, 0.717) is 11.3 Å². The van der Waals surface area contributed by atoms with Crippen molar-refractivity contribution in [1.29, 1.82) is 0 Å². The number of aryl methyl sites for hydroxylation is 1. The summed E-state index contributed by atoms with van der Waals surface area (Å²) in [5.41, 5.74) is 0.0761. The molecule has 0 aliphatic carbocycles. The van der Waals surface area contributed by atoms with Gasteiger partial charge in [-0.3, -0.25) is 4.79 Å². The summed E-state index contributed by atoms with van der Waals surface area (Å²) in [5.74, 6) is -0.241. The molecule has 108 valence electrons. The number of carbonyl (C=O) groups excluding carboxylic acids is 1. The largest absolute Gasteiger partial charge is 0.383 e. The van der Waals surface area contributed by atoms with Gasteiger partial charge in [0.15, 0.2) is 0 Å². The van der Waals surface area contributed by atoms with Gasteiger partial charge < -0.3 is 14.9 Å². The summed E-state index contributed by atoms with van der Waals surface area (Å²) in [6.45, 7) is 3.52. The fourth-order valence-corrected chi connectivity index (χ4v) is 2.75. The van der Waals surface area contributed by atoms with E-state index in [9.17, 15) is 9.90 Å². The number of nitrogens with one attached hydrogen (secondary N) is 1. The van der Waals surface area contributed by atoms with Crippen molar-refractivity contribution in [2.75, 3.05) is 6.54 Å². The number of carbonyl (C=O) groups is 1. The topological polar surface area (TPSA) is 75.4 Å². The van der Waals surface area contributed by atoms with Gasteiger partial charge in [0.05, 0.1) is 18.7 Å². The second kappa shape index (κ2) is 5.95. The van der Waals surface area contributed by atoms with E-state index in [1.165, 1.54) is 11.3 Å². The Balaban J connectivity index is 1.93. The first-order valence-corrected chi connectivity index (χ1v) is 7.29. The Bertz CT molecular complexity index is 573. The van der Waals surface area contributed by atoms with Crippen molar-refractivity contribution in [3.8, 4) is 0 Å². The Labute approximate surface area is 125 Å². The zero-order valence-electron chi connectivity index (χ0n) is 11.1. The van der Waals surface area contributed by atoms with Crippen LogP contribution in [0.2, 0.25) is 5.22 Å². The Hall–Kier alpha value is -1.37. The average Bonchev–Trinajstić information content (AvgIpc) is 3.02. The van der Waals surface area contributed by atoms with Crippen LogP contribution in [0.3, 0.4) is 0 Å². The van der Waals surface area contributed by atoms with Crippen LogP contribution < -0.4 is 5.32 Å². The minimum atomic E-state index is -1.09. The van der Waals surface area contributed by atoms with Gasteiger partial charge in [0.25, 0.3) is 0 Å². The number of hydrogen-bond acceptors (Lipinski definition) is 5. The summed E-state index contributed by atoms with van der Waals surface area (Å²) in [7, 11) is 0. The molecule has 2 aromatic rings. The molecule has 2 rings (SSSR count). The van der Waals surface area contributed by atoms with Crippen molar-refractivity contribution in [2.45, 2.75) is 25.9 Å². The van der Waals surface area contributed by atoms with Crippen LogP contribution in [0.25, 0.3) is 0 Å². The van der Waals surface area contributed by atoms with Crippen LogP contribution in [-0.2, 0) is 16.8 Å². The highest BCUT2D eigenvalue weighted by Gasteiger charge is 2.25. The molecule has 1 amide bonds. The van der Waals surface area contributed by atoms with Crippen LogP contribution in [0.4, 0.5) is 0 Å². The molecule has 0 radical (unpaired) electrons. The number of hydrogen-bond donors (Lipinski definition) is 2. The van der Waals surface area contributed by atoms with Crippen molar-refractivity contribution in [3.63, 3.8) is 0 Å². The monoisotopic (exact) mass is 314 g/mol. The molecule has 0 aromatic carbocycles. The van der Waals surface area contributed by atoms with E-state index in [2.05, 4.69) is 10.5 Å². The second-order valence-corrected chi connectivity index (χ2v) is 6.02. The smallest absolute Gasteiger partial charge is 0.229 e.